The molecular weight excluding hydrogens is 264 g/mol. The van der Waals surface area contributed by atoms with E-state index in [0.717, 1.165) is 12.0 Å². The number of rotatable bonds is 8. The molecule has 3 N–H and O–H groups in total. The molecule has 0 heterocycles. The van der Waals surface area contributed by atoms with E-state index < -0.39 is 10.0 Å². The standard InChI is InChI=1S/C13H22N2O3S/c1-11(2)7-9-15-19(16,17)13-5-3-12(4-6-13)8-10-18-14/h3-6,11,15H,7-10,14H2,1-2H3. The quantitative estimate of drug-likeness (QED) is 0.709. The Morgan fingerprint density at radius 1 is 1.26 bits per heavy atom. The van der Waals surface area contributed by atoms with Gasteiger partial charge in [0.1, 0.15) is 0 Å². The molecule has 6 heteroatoms. The average molecular weight is 286 g/mol. The molecule has 1 aromatic rings. The van der Waals surface area contributed by atoms with Gasteiger partial charge in [-0.3, -0.25) is 0 Å². The van der Waals surface area contributed by atoms with Crippen LogP contribution in [-0.2, 0) is 21.3 Å². The van der Waals surface area contributed by atoms with Crippen molar-refractivity contribution in [1.29, 1.82) is 0 Å². The van der Waals surface area contributed by atoms with Crippen LogP contribution >= 0.6 is 0 Å². The van der Waals surface area contributed by atoms with Crippen LogP contribution in [0.3, 0.4) is 0 Å². The van der Waals surface area contributed by atoms with Crippen LogP contribution in [-0.4, -0.2) is 21.6 Å². The molecule has 0 radical (unpaired) electrons. The number of hydrogen-bond donors (Lipinski definition) is 2. The molecule has 0 fully saturated rings. The van der Waals surface area contributed by atoms with Crippen molar-refractivity contribution in [2.45, 2.75) is 31.6 Å². The van der Waals surface area contributed by atoms with E-state index in [4.69, 9.17) is 5.90 Å². The molecule has 0 amide bonds. The van der Waals surface area contributed by atoms with Crippen LogP contribution < -0.4 is 10.6 Å². The average Bonchev–Trinajstić information content (AvgIpc) is 2.36. The van der Waals surface area contributed by atoms with Gasteiger partial charge >= 0.3 is 0 Å². The summed E-state index contributed by atoms with van der Waals surface area (Å²) in [5, 5.41) is 0. The predicted molar refractivity (Wildman–Crippen MR) is 74.9 cm³/mol. The highest BCUT2D eigenvalue weighted by molar-refractivity contribution is 7.89. The van der Waals surface area contributed by atoms with Crippen LogP contribution in [0.4, 0.5) is 0 Å². The van der Waals surface area contributed by atoms with Crippen LogP contribution in [0.5, 0.6) is 0 Å². The molecule has 0 bridgehead atoms. The summed E-state index contributed by atoms with van der Waals surface area (Å²) in [5.41, 5.74) is 0.992. The Balaban J connectivity index is 2.63. The summed E-state index contributed by atoms with van der Waals surface area (Å²) in [6, 6.07) is 6.75. The van der Waals surface area contributed by atoms with Gasteiger partial charge in [0.05, 0.1) is 11.5 Å². The van der Waals surface area contributed by atoms with E-state index in [0.29, 0.717) is 25.5 Å². The molecule has 108 valence electrons. The predicted octanol–water partition coefficient (Wildman–Crippen LogP) is 1.44. The largest absolute Gasteiger partial charge is 0.304 e. The zero-order valence-electron chi connectivity index (χ0n) is 11.4. The van der Waals surface area contributed by atoms with Crippen molar-refractivity contribution >= 4 is 10.0 Å². The van der Waals surface area contributed by atoms with Gasteiger partial charge in [0, 0.05) is 6.54 Å². The minimum atomic E-state index is -3.40. The van der Waals surface area contributed by atoms with Gasteiger partial charge in [0.2, 0.25) is 10.0 Å². The molecule has 1 rings (SSSR count). The first-order valence-electron chi connectivity index (χ1n) is 6.36. The maximum absolute atomic E-state index is 12.0. The molecule has 0 atom stereocenters. The van der Waals surface area contributed by atoms with Crippen LogP contribution in [0.2, 0.25) is 0 Å². The van der Waals surface area contributed by atoms with Crippen molar-refractivity contribution in [3.8, 4) is 0 Å². The second-order valence-electron chi connectivity index (χ2n) is 4.85. The number of sulfonamides is 1. The fourth-order valence-corrected chi connectivity index (χ4v) is 2.62. The van der Waals surface area contributed by atoms with Crippen LogP contribution in [0.25, 0.3) is 0 Å². The monoisotopic (exact) mass is 286 g/mol. The third kappa shape index (κ3) is 5.69. The molecule has 0 saturated heterocycles. The fourth-order valence-electron chi connectivity index (χ4n) is 1.58. The Hall–Kier alpha value is -0.950. The highest BCUT2D eigenvalue weighted by Crippen LogP contribution is 2.11. The minimum absolute atomic E-state index is 0.286. The molecule has 0 spiro atoms. The Kier molecular flexibility index (Phi) is 6.44. The first-order valence-corrected chi connectivity index (χ1v) is 7.84. The lowest BCUT2D eigenvalue weighted by molar-refractivity contribution is 0.141. The first kappa shape index (κ1) is 16.1. The van der Waals surface area contributed by atoms with Gasteiger partial charge in [-0.1, -0.05) is 26.0 Å². The van der Waals surface area contributed by atoms with Crippen LogP contribution in [0.1, 0.15) is 25.8 Å². The highest BCUT2D eigenvalue weighted by atomic mass is 32.2. The molecule has 1 aromatic carbocycles. The molecule has 0 saturated carbocycles. The van der Waals surface area contributed by atoms with E-state index in [1.807, 2.05) is 0 Å². The fraction of sp³-hybridized carbons (Fsp3) is 0.538. The molecule has 5 nitrogen and oxygen atoms in total. The van der Waals surface area contributed by atoms with Crippen molar-refractivity contribution < 1.29 is 13.3 Å². The number of nitrogens with one attached hydrogen (secondary N) is 1. The Bertz CT molecular complexity index is 469. The van der Waals surface area contributed by atoms with Crippen molar-refractivity contribution in [3.63, 3.8) is 0 Å². The molecule has 0 aromatic heterocycles. The minimum Gasteiger partial charge on any atom is -0.304 e. The normalized spacial score (nSPS) is 12.0. The molecule has 19 heavy (non-hydrogen) atoms. The van der Waals surface area contributed by atoms with E-state index in [1.165, 1.54) is 0 Å². The first-order chi connectivity index (χ1) is 8.95. The summed E-state index contributed by atoms with van der Waals surface area (Å²) >= 11 is 0. The number of hydrogen-bond acceptors (Lipinski definition) is 4. The molecular formula is C13H22N2O3S. The van der Waals surface area contributed by atoms with Gasteiger partial charge < -0.3 is 4.84 Å². The van der Waals surface area contributed by atoms with Crippen LogP contribution in [0, 0.1) is 5.92 Å². The van der Waals surface area contributed by atoms with E-state index in [1.54, 1.807) is 24.3 Å². The molecule has 0 aliphatic carbocycles. The van der Waals surface area contributed by atoms with E-state index in [2.05, 4.69) is 23.4 Å². The van der Waals surface area contributed by atoms with Gasteiger partial charge in [0.15, 0.2) is 0 Å². The highest BCUT2D eigenvalue weighted by Gasteiger charge is 2.13. The number of benzene rings is 1. The van der Waals surface area contributed by atoms with Gasteiger partial charge in [-0.05, 0) is 36.5 Å². The summed E-state index contributed by atoms with van der Waals surface area (Å²) < 4.78 is 26.6. The molecule has 0 aliphatic rings. The maximum Gasteiger partial charge on any atom is 0.240 e. The summed E-state index contributed by atoms with van der Waals surface area (Å²) in [4.78, 5) is 4.77. The van der Waals surface area contributed by atoms with Crippen molar-refractivity contribution in [3.05, 3.63) is 29.8 Å². The lowest BCUT2D eigenvalue weighted by atomic mass is 10.1. The van der Waals surface area contributed by atoms with Gasteiger partial charge in [-0.25, -0.2) is 19.0 Å². The summed E-state index contributed by atoms with van der Waals surface area (Å²) in [7, 11) is -3.40. The van der Waals surface area contributed by atoms with Crippen molar-refractivity contribution in [1.82, 2.24) is 4.72 Å². The lowest BCUT2D eigenvalue weighted by Gasteiger charge is -2.09. The molecule has 0 unspecified atom stereocenters. The van der Waals surface area contributed by atoms with Gasteiger partial charge in [-0.15, -0.1) is 0 Å². The van der Waals surface area contributed by atoms with Crippen molar-refractivity contribution in [2.75, 3.05) is 13.2 Å². The topological polar surface area (TPSA) is 81.4 Å². The van der Waals surface area contributed by atoms with E-state index in [9.17, 15) is 8.42 Å². The lowest BCUT2D eigenvalue weighted by Crippen LogP contribution is -2.25. The Morgan fingerprint density at radius 3 is 2.42 bits per heavy atom. The van der Waals surface area contributed by atoms with Crippen LogP contribution in [0.15, 0.2) is 29.2 Å². The van der Waals surface area contributed by atoms with Crippen molar-refractivity contribution in [2.24, 2.45) is 11.8 Å². The third-order valence-electron chi connectivity index (χ3n) is 2.76. The van der Waals surface area contributed by atoms with Gasteiger partial charge in [-0.2, -0.15) is 0 Å². The van der Waals surface area contributed by atoms with E-state index >= 15 is 0 Å². The van der Waals surface area contributed by atoms with E-state index in [-0.39, 0.29) is 4.90 Å². The smallest absolute Gasteiger partial charge is 0.240 e. The number of nitrogens with two attached hydrogens (primary N) is 1. The Labute approximate surface area is 115 Å². The second kappa shape index (κ2) is 7.59. The second-order valence-corrected chi connectivity index (χ2v) is 6.61. The zero-order chi connectivity index (χ0) is 14.3. The maximum atomic E-state index is 12.0. The summed E-state index contributed by atoms with van der Waals surface area (Å²) in [5.74, 6) is 5.42. The Morgan fingerprint density at radius 2 is 1.89 bits per heavy atom. The zero-order valence-corrected chi connectivity index (χ0v) is 12.2. The molecule has 0 aliphatic heterocycles. The van der Waals surface area contributed by atoms with Gasteiger partial charge in [0.25, 0.3) is 0 Å². The third-order valence-corrected chi connectivity index (χ3v) is 4.23. The summed E-state index contributed by atoms with van der Waals surface area (Å²) in [6.45, 7) is 4.99. The summed E-state index contributed by atoms with van der Waals surface area (Å²) in [6.07, 6.45) is 1.49. The SMILES string of the molecule is CC(C)CCNS(=O)(=O)c1ccc(CCON)cc1.